The molecule has 0 bridgehead atoms. The van der Waals surface area contributed by atoms with Crippen LogP contribution in [0.2, 0.25) is 0 Å². The first-order valence-corrected chi connectivity index (χ1v) is 5.86. The lowest BCUT2D eigenvalue weighted by atomic mass is 9.82. The van der Waals surface area contributed by atoms with E-state index in [4.69, 9.17) is 5.73 Å². The maximum absolute atomic E-state index is 10.8. The Bertz CT molecular complexity index is 460. The predicted octanol–water partition coefficient (Wildman–Crippen LogP) is 3.53. The Morgan fingerprint density at radius 1 is 1.44 bits per heavy atom. The lowest BCUT2D eigenvalue weighted by molar-refractivity contribution is -0.385. The van der Waals surface area contributed by atoms with Gasteiger partial charge in [-0.2, -0.15) is 0 Å². The summed E-state index contributed by atoms with van der Waals surface area (Å²) in [6, 6.07) is 2.09. The number of hydrogen-bond donors (Lipinski definition) is 2. The first-order chi connectivity index (χ1) is 7.64. The van der Waals surface area contributed by atoms with Crippen LogP contribution < -0.4 is 5.73 Å². The molecule has 0 aliphatic heterocycles. The number of non-ortho nitro benzene ring substituents is 1. The van der Waals surface area contributed by atoms with E-state index in [1.54, 1.807) is 0 Å². The van der Waals surface area contributed by atoms with Crippen molar-refractivity contribution in [2.75, 3.05) is 0 Å². The van der Waals surface area contributed by atoms with Gasteiger partial charge >= 0.3 is 0 Å². The maximum atomic E-state index is 10.8. The molecule has 18 heavy (non-hydrogen) atoms. The standard InChI is InChI=1S/C11H15BrN2O3.ClH/c1-11(2,3)10(13)7-4-6(14(16)17)5-8(12)9(7)15;/h4-5,10,15H,13H2,1-3H3;1H/t10-;/m1./s1. The van der Waals surface area contributed by atoms with Gasteiger partial charge in [-0.25, -0.2) is 0 Å². The molecule has 1 aromatic rings. The fourth-order valence-corrected chi connectivity index (χ4v) is 1.88. The van der Waals surface area contributed by atoms with Crippen LogP contribution in [-0.2, 0) is 0 Å². The molecule has 0 saturated heterocycles. The lowest BCUT2D eigenvalue weighted by Gasteiger charge is -2.28. The second-order valence-corrected chi connectivity index (χ2v) is 5.82. The topological polar surface area (TPSA) is 89.4 Å². The summed E-state index contributed by atoms with van der Waals surface area (Å²) in [5.41, 5.74) is 5.99. The van der Waals surface area contributed by atoms with Gasteiger partial charge in [0.25, 0.3) is 5.69 Å². The number of rotatable bonds is 2. The number of phenolic OH excluding ortho intramolecular Hbond substituents is 1. The minimum atomic E-state index is -0.511. The van der Waals surface area contributed by atoms with Crippen molar-refractivity contribution in [3.8, 4) is 5.75 Å². The number of nitrogens with zero attached hydrogens (tertiary/aromatic N) is 1. The Morgan fingerprint density at radius 2 is 1.94 bits per heavy atom. The van der Waals surface area contributed by atoms with Gasteiger partial charge in [-0.3, -0.25) is 10.1 Å². The van der Waals surface area contributed by atoms with E-state index in [1.807, 2.05) is 20.8 Å². The molecular weight excluding hydrogens is 323 g/mol. The van der Waals surface area contributed by atoms with Crippen molar-refractivity contribution >= 4 is 34.0 Å². The average Bonchev–Trinajstić information content (AvgIpc) is 2.19. The second kappa shape index (κ2) is 5.86. The van der Waals surface area contributed by atoms with Gasteiger partial charge in [-0.1, -0.05) is 20.8 Å². The summed E-state index contributed by atoms with van der Waals surface area (Å²) in [7, 11) is 0. The van der Waals surface area contributed by atoms with E-state index >= 15 is 0 Å². The van der Waals surface area contributed by atoms with Crippen molar-refractivity contribution < 1.29 is 10.0 Å². The molecule has 3 N–H and O–H groups in total. The molecule has 7 heteroatoms. The van der Waals surface area contributed by atoms with Gasteiger partial charge in [-0.15, -0.1) is 12.4 Å². The first-order valence-electron chi connectivity index (χ1n) is 5.07. The molecule has 0 heterocycles. The molecule has 1 aromatic carbocycles. The van der Waals surface area contributed by atoms with Crippen molar-refractivity contribution in [3.05, 3.63) is 32.3 Å². The molecule has 102 valence electrons. The number of nitro benzene ring substituents is 1. The molecule has 1 atom stereocenters. The zero-order chi connectivity index (χ0) is 13.4. The minimum absolute atomic E-state index is 0. The van der Waals surface area contributed by atoms with Gasteiger partial charge in [0.15, 0.2) is 0 Å². The van der Waals surface area contributed by atoms with Crippen LogP contribution in [-0.4, -0.2) is 10.0 Å². The predicted molar refractivity (Wildman–Crippen MR) is 76.1 cm³/mol. The third kappa shape index (κ3) is 3.57. The van der Waals surface area contributed by atoms with E-state index in [0.717, 1.165) is 0 Å². The summed E-state index contributed by atoms with van der Waals surface area (Å²) in [6.45, 7) is 5.72. The van der Waals surface area contributed by atoms with Gasteiger partial charge in [0, 0.05) is 23.7 Å². The fourth-order valence-electron chi connectivity index (χ4n) is 1.41. The fraction of sp³-hybridized carbons (Fsp3) is 0.455. The Balaban J connectivity index is 0.00000289. The Labute approximate surface area is 120 Å². The number of hydrogen-bond acceptors (Lipinski definition) is 4. The van der Waals surface area contributed by atoms with E-state index in [9.17, 15) is 15.2 Å². The molecule has 0 radical (unpaired) electrons. The van der Waals surface area contributed by atoms with Crippen LogP contribution in [0, 0.1) is 15.5 Å². The van der Waals surface area contributed by atoms with Crippen molar-refractivity contribution in [1.29, 1.82) is 0 Å². The van der Waals surface area contributed by atoms with E-state index < -0.39 is 11.0 Å². The van der Waals surface area contributed by atoms with Gasteiger partial charge in [0.1, 0.15) is 5.75 Å². The summed E-state index contributed by atoms with van der Waals surface area (Å²) in [4.78, 5) is 10.2. The number of phenols is 1. The van der Waals surface area contributed by atoms with Gasteiger partial charge in [0.2, 0.25) is 0 Å². The molecule has 0 aliphatic rings. The van der Waals surface area contributed by atoms with Crippen LogP contribution in [0.25, 0.3) is 0 Å². The number of halogens is 2. The number of aromatic hydroxyl groups is 1. The summed E-state index contributed by atoms with van der Waals surface area (Å²) in [6.07, 6.45) is 0. The number of nitrogens with two attached hydrogens (primary N) is 1. The third-order valence-corrected chi connectivity index (χ3v) is 3.16. The van der Waals surface area contributed by atoms with Gasteiger partial charge < -0.3 is 10.8 Å². The maximum Gasteiger partial charge on any atom is 0.271 e. The lowest BCUT2D eigenvalue weighted by Crippen LogP contribution is -2.26. The first kappa shape index (κ1) is 17.2. The molecule has 0 unspecified atom stereocenters. The van der Waals surface area contributed by atoms with Crippen LogP contribution in [0.1, 0.15) is 32.4 Å². The Morgan fingerprint density at radius 3 is 2.33 bits per heavy atom. The minimum Gasteiger partial charge on any atom is -0.506 e. The molecular formula is C11H16BrClN2O3. The molecule has 0 fully saturated rings. The second-order valence-electron chi connectivity index (χ2n) is 4.97. The van der Waals surface area contributed by atoms with Crippen molar-refractivity contribution in [2.24, 2.45) is 11.1 Å². The van der Waals surface area contributed by atoms with Gasteiger partial charge in [0.05, 0.1) is 9.40 Å². The monoisotopic (exact) mass is 338 g/mol. The van der Waals surface area contributed by atoms with Crippen molar-refractivity contribution in [2.45, 2.75) is 26.8 Å². The van der Waals surface area contributed by atoms with Crippen LogP contribution in [0.4, 0.5) is 5.69 Å². The highest BCUT2D eigenvalue weighted by molar-refractivity contribution is 9.10. The van der Waals surface area contributed by atoms with E-state index in [1.165, 1.54) is 12.1 Å². The van der Waals surface area contributed by atoms with E-state index in [0.29, 0.717) is 5.56 Å². The van der Waals surface area contributed by atoms with Crippen LogP contribution in [0.5, 0.6) is 5.75 Å². The molecule has 0 aromatic heterocycles. The smallest absolute Gasteiger partial charge is 0.271 e. The van der Waals surface area contributed by atoms with Crippen LogP contribution >= 0.6 is 28.3 Å². The summed E-state index contributed by atoms with van der Waals surface area (Å²) >= 11 is 3.09. The van der Waals surface area contributed by atoms with Gasteiger partial charge in [-0.05, 0) is 21.3 Å². The highest BCUT2D eigenvalue weighted by Crippen LogP contribution is 2.40. The van der Waals surface area contributed by atoms with Crippen molar-refractivity contribution in [3.63, 3.8) is 0 Å². The summed E-state index contributed by atoms with van der Waals surface area (Å²) < 4.78 is 0.279. The van der Waals surface area contributed by atoms with Crippen LogP contribution in [0.15, 0.2) is 16.6 Å². The quantitative estimate of drug-likeness (QED) is 0.637. The largest absolute Gasteiger partial charge is 0.506 e. The number of benzene rings is 1. The van der Waals surface area contributed by atoms with Crippen molar-refractivity contribution in [1.82, 2.24) is 0 Å². The Kier molecular flexibility index (Phi) is 5.58. The molecule has 0 spiro atoms. The molecule has 0 saturated carbocycles. The third-order valence-electron chi connectivity index (χ3n) is 2.56. The normalized spacial score (nSPS) is 12.7. The SMILES string of the molecule is CC(C)(C)[C@H](N)c1cc([N+](=O)[O-])cc(Br)c1O.Cl. The highest BCUT2D eigenvalue weighted by Gasteiger charge is 2.27. The summed E-state index contributed by atoms with van der Waals surface area (Å²) in [5.74, 6) is -0.0435. The van der Waals surface area contributed by atoms with E-state index in [-0.39, 0.29) is 33.7 Å². The summed E-state index contributed by atoms with van der Waals surface area (Å²) in [5, 5.41) is 20.6. The molecule has 1 rings (SSSR count). The Hall–Kier alpha value is -0.850. The highest BCUT2D eigenvalue weighted by atomic mass is 79.9. The van der Waals surface area contributed by atoms with Crippen LogP contribution in [0.3, 0.4) is 0 Å². The zero-order valence-corrected chi connectivity index (χ0v) is 12.7. The molecule has 0 aliphatic carbocycles. The molecule has 0 amide bonds. The molecule has 5 nitrogen and oxygen atoms in total. The van der Waals surface area contributed by atoms with E-state index in [2.05, 4.69) is 15.9 Å². The average molecular weight is 340 g/mol. The zero-order valence-electron chi connectivity index (χ0n) is 10.3. The number of nitro groups is 1.